The standard InChI is InChI=1S/C24H17N3O13S3/c28-23(14-4-2-6-17(8-14)27(30)31)25-16-5-1-3-13(7-16)24(29)26-20-11-18(41(32,33)34)9-15-10-19(42(35,36)37)12-21(22(15)20)43(38,39)40/h1-12H,(H,25,28)(H,26,29)(H,32,33,34)(H,35,36,37)(H,38,39,40). The average molecular weight is 652 g/mol. The third-order valence-electron chi connectivity index (χ3n) is 5.78. The van der Waals surface area contributed by atoms with Gasteiger partial charge in [0.25, 0.3) is 47.9 Å². The van der Waals surface area contributed by atoms with Crippen LogP contribution >= 0.6 is 0 Å². The zero-order valence-corrected chi connectivity index (χ0v) is 23.5. The molecule has 2 amide bonds. The lowest BCUT2D eigenvalue weighted by molar-refractivity contribution is -0.384. The third kappa shape index (κ3) is 6.99. The summed E-state index contributed by atoms with van der Waals surface area (Å²) in [5, 5.41) is 14.6. The highest BCUT2D eigenvalue weighted by Crippen LogP contribution is 2.35. The van der Waals surface area contributed by atoms with E-state index in [0.29, 0.717) is 24.3 Å². The number of hydrogen-bond acceptors (Lipinski definition) is 10. The largest absolute Gasteiger partial charge is 0.322 e. The lowest BCUT2D eigenvalue weighted by Gasteiger charge is -2.15. The van der Waals surface area contributed by atoms with Crippen LogP contribution < -0.4 is 10.6 Å². The first-order valence-electron chi connectivity index (χ1n) is 11.4. The van der Waals surface area contributed by atoms with Gasteiger partial charge < -0.3 is 10.6 Å². The summed E-state index contributed by atoms with van der Waals surface area (Å²) in [6, 6.07) is 12.2. The van der Waals surface area contributed by atoms with E-state index in [1.165, 1.54) is 36.4 Å². The molecule has 4 aromatic rings. The monoisotopic (exact) mass is 651 g/mol. The minimum absolute atomic E-state index is 0.0390. The highest BCUT2D eigenvalue weighted by atomic mass is 32.2. The van der Waals surface area contributed by atoms with Crippen molar-refractivity contribution in [1.82, 2.24) is 0 Å². The maximum Gasteiger partial charge on any atom is 0.295 e. The Balaban J connectivity index is 1.78. The third-order valence-corrected chi connectivity index (χ3v) is 8.32. The van der Waals surface area contributed by atoms with Crippen molar-refractivity contribution >= 4 is 70.0 Å². The molecule has 0 fully saturated rings. The van der Waals surface area contributed by atoms with Gasteiger partial charge >= 0.3 is 0 Å². The molecule has 0 aliphatic heterocycles. The molecule has 5 N–H and O–H groups in total. The Morgan fingerprint density at radius 3 is 1.77 bits per heavy atom. The minimum atomic E-state index is -5.27. The van der Waals surface area contributed by atoms with Crippen molar-refractivity contribution in [3.63, 3.8) is 0 Å². The van der Waals surface area contributed by atoms with E-state index in [-0.39, 0.29) is 22.5 Å². The zero-order valence-electron chi connectivity index (χ0n) is 21.0. The normalized spacial score (nSPS) is 12.1. The maximum absolute atomic E-state index is 13.2. The van der Waals surface area contributed by atoms with Gasteiger partial charge in [-0.2, -0.15) is 25.3 Å². The number of carbonyl (C=O) groups excluding carboxylic acids is 2. The summed E-state index contributed by atoms with van der Waals surface area (Å²) in [6.45, 7) is 0. The van der Waals surface area contributed by atoms with Crippen molar-refractivity contribution in [1.29, 1.82) is 0 Å². The molecule has 0 aliphatic rings. The lowest BCUT2D eigenvalue weighted by atomic mass is 10.1. The van der Waals surface area contributed by atoms with Gasteiger partial charge in [0.05, 0.1) is 20.4 Å². The molecule has 4 aromatic carbocycles. The van der Waals surface area contributed by atoms with Crippen LogP contribution in [0.25, 0.3) is 10.8 Å². The lowest BCUT2D eigenvalue weighted by Crippen LogP contribution is -2.16. The molecule has 16 nitrogen and oxygen atoms in total. The topological polar surface area (TPSA) is 264 Å². The molecule has 224 valence electrons. The number of hydrogen-bond donors (Lipinski definition) is 5. The first-order valence-corrected chi connectivity index (χ1v) is 15.7. The van der Waals surface area contributed by atoms with E-state index in [1.807, 2.05) is 0 Å². The van der Waals surface area contributed by atoms with Gasteiger partial charge in [0.15, 0.2) is 0 Å². The van der Waals surface area contributed by atoms with Gasteiger partial charge in [-0.15, -0.1) is 0 Å². The van der Waals surface area contributed by atoms with Gasteiger partial charge in [-0.1, -0.05) is 12.1 Å². The number of nitro groups is 1. The van der Waals surface area contributed by atoms with Crippen LogP contribution in [-0.4, -0.2) is 55.6 Å². The Morgan fingerprint density at radius 2 is 1.21 bits per heavy atom. The van der Waals surface area contributed by atoms with Crippen molar-refractivity contribution in [3.8, 4) is 0 Å². The first-order chi connectivity index (χ1) is 19.8. The molecule has 4 rings (SSSR count). The Labute approximate surface area is 242 Å². The van der Waals surface area contributed by atoms with Gasteiger partial charge in [0, 0.05) is 34.3 Å². The molecule has 0 atom stereocenters. The van der Waals surface area contributed by atoms with E-state index in [4.69, 9.17) is 0 Å². The van der Waals surface area contributed by atoms with Gasteiger partial charge in [0.2, 0.25) is 0 Å². The fourth-order valence-corrected chi connectivity index (χ4v) is 5.84. The quantitative estimate of drug-likeness (QED) is 0.104. The molecule has 0 spiro atoms. The molecule has 0 aromatic heterocycles. The Morgan fingerprint density at radius 1 is 0.674 bits per heavy atom. The number of nitrogens with zero attached hydrogens (tertiary/aromatic N) is 1. The van der Waals surface area contributed by atoms with Crippen LogP contribution in [0.15, 0.2) is 87.5 Å². The molecule has 0 unspecified atom stereocenters. The van der Waals surface area contributed by atoms with Crippen molar-refractivity contribution in [2.45, 2.75) is 14.7 Å². The second-order valence-electron chi connectivity index (χ2n) is 8.71. The van der Waals surface area contributed by atoms with Gasteiger partial charge in [-0.05, 0) is 53.9 Å². The summed E-state index contributed by atoms with van der Waals surface area (Å²) < 4.78 is 100. The summed E-state index contributed by atoms with van der Waals surface area (Å²) in [5.41, 5.74) is -1.18. The minimum Gasteiger partial charge on any atom is -0.322 e. The summed E-state index contributed by atoms with van der Waals surface area (Å²) in [6.07, 6.45) is 0. The zero-order chi connectivity index (χ0) is 31.9. The Hall–Kier alpha value is -4.79. The number of amides is 2. The number of non-ortho nitro benzene ring substituents is 1. The number of benzene rings is 4. The van der Waals surface area contributed by atoms with E-state index in [2.05, 4.69) is 10.6 Å². The fraction of sp³-hybridized carbons (Fsp3) is 0. The Bertz CT molecular complexity index is 2180. The van der Waals surface area contributed by atoms with Crippen LogP contribution in [0.2, 0.25) is 0 Å². The summed E-state index contributed by atoms with van der Waals surface area (Å²) in [4.78, 5) is 33.0. The summed E-state index contributed by atoms with van der Waals surface area (Å²) >= 11 is 0. The molecule has 19 heteroatoms. The van der Waals surface area contributed by atoms with Gasteiger partial charge in [-0.25, -0.2) is 0 Å². The Kier molecular flexibility index (Phi) is 8.06. The molecule has 0 bridgehead atoms. The van der Waals surface area contributed by atoms with Crippen LogP contribution in [-0.2, 0) is 30.4 Å². The van der Waals surface area contributed by atoms with Gasteiger partial charge in [-0.3, -0.25) is 33.4 Å². The number of fused-ring (bicyclic) bond motifs is 1. The average Bonchev–Trinajstić information content (AvgIpc) is 2.90. The fourth-order valence-electron chi connectivity index (χ4n) is 3.92. The molecule has 0 heterocycles. The molecule has 0 radical (unpaired) electrons. The van der Waals surface area contributed by atoms with E-state index in [9.17, 15) is 58.6 Å². The number of carbonyl (C=O) groups is 2. The molecule has 43 heavy (non-hydrogen) atoms. The molecular weight excluding hydrogens is 634 g/mol. The number of nitrogens with one attached hydrogen (secondary N) is 2. The van der Waals surface area contributed by atoms with Crippen molar-refractivity contribution in [3.05, 3.63) is 94.0 Å². The van der Waals surface area contributed by atoms with E-state index < -0.39 is 78.2 Å². The van der Waals surface area contributed by atoms with Crippen LogP contribution in [0, 0.1) is 10.1 Å². The molecule has 0 saturated carbocycles. The van der Waals surface area contributed by atoms with Crippen LogP contribution in [0.5, 0.6) is 0 Å². The van der Waals surface area contributed by atoms with Crippen molar-refractivity contribution in [2.75, 3.05) is 10.6 Å². The second kappa shape index (κ2) is 11.1. The SMILES string of the molecule is O=C(Nc1cccc(C(=O)Nc2cc(S(=O)(=O)O)cc3cc(S(=O)(=O)O)cc(S(=O)(=O)O)c23)c1)c1cccc([N+](=O)[O-])c1. The molecular formula is C24H17N3O13S3. The predicted octanol–water partition coefficient (Wildman–Crippen LogP) is 2.99. The molecule has 0 saturated heterocycles. The van der Waals surface area contributed by atoms with E-state index in [1.54, 1.807) is 0 Å². The van der Waals surface area contributed by atoms with E-state index in [0.717, 1.165) is 12.1 Å². The van der Waals surface area contributed by atoms with Crippen molar-refractivity contribution in [2.24, 2.45) is 0 Å². The number of rotatable bonds is 8. The van der Waals surface area contributed by atoms with Crippen LogP contribution in [0.4, 0.5) is 17.1 Å². The first kappa shape index (κ1) is 31.2. The molecule has 0 aliphatic carbocycles. The van der Waals surface area contributed by atoms with Crippen LogP contribution in [0.3, 0.4) is 0 Å². The number of anilines is 2. The predicted molar refractivity (Wildman–Crippen MR) is 149 cm³/mol. The highest BCUT2D eigenvalue weighted by Gasteiger charge is 2.25. The summed E-state index contributed by atoms with van der Waals surface area (Å²) in [7, 11) is -15.4. The maximum atomic E-state index is 13.2. The van der Waals surface area contributed by atoms with Crippen LogP contribution in [0.1, 0.15) is 20.7 Å². The van der Waals surface area contributed by atoms with Crippen molar-refractivity contribution < 1.29 is 53.4 Å². The van der Waals surface area contributed by atoms with Gasteiger partial charge in [0.1, 0.15) is 4.90 Å². The highest BCUT2D eigenvalue weighted by molar-refractivity contribution is 7.87. The smallest absolute Gasteiger partial charge is 0.295 e. The second-order valence-corrected chi connectivity index (χ2v) is 12.9. The van der Waals surface area contributed by atoms with E-state index >= 15 is 0 Å². The summed E-state index contributed by atoms with van der Waals surface area (Å²) in [5.74, 6) is -1.79. The number of nitro benzene ring substituents is 1.